The molecule has 3 aromatic rings. The Labute approximate surface area is 187 Å². The topological polar surface area (TPSA) is 58.8 Å². The second kappa shape index (κ2) is 10.1. The molecule has 7 heteroatoms. The summed E-state index contributed by atoms with van der Waals surface area (Å²) in [5, 5.41) is 6.36. The average Bonchev–Trinajstić information content (AvgIpc) is 3.57. The van der Waals surface area contributed by atoms with E-state index in [2.05, 4.69) is 23.9 Å². The first-order chi connectivity index (χ1) is 15.2. The molecule has 0 N–H and O–H groups in total. The van der Waals surface area contributed by atoms with Crippen LogP contribution in [-0.4, -0.2) is 48.3 Å². The predicted octanol–water partition coefficient (Wildman–Crippen LogP) is 5.07. The number of carbonyl (C=O) groups is 1. The fourth-order valence-electron chi connectivity index (χ4n) is 4.03. The van der Waals surface area contributed by atoms with Crippen LogP contribution in [0.25, 0.3) is 11.3 Å². The van der Waals surface area contributed by atoms with Crippen LogP contribution in [0.3, 0.4) is 0 Å². The quantitative estimate of drug-likeness (QED) is 0.466. The summed E-state index contributed by atoms with van der Waals surface area (Å²) in [5.74, 6) is 0.761. The first kappa shape index (κ1) is 21.6. The predicted molar refractivity (Wildman–Crippen MR) is 124 cm³/mol. The van der Waals surface area contributed by atoms with Crippen LogP contribution >= 0.6 is 11.3 Å². The normalized spacial score (nSPS) is 15.9. The van der Waals surface area contributed by atoms with Crippen LogP contribution in [0.15, 0.2) is 52.4 Å². The number of amides is 1. The smallest absolute Gasteiger partial charge is 0.264 e. The van der Waals surface area contributed by atoms with Crippen molar-refractivity contribution >= 4 is 23.1 Å². The Morgan fingerprint density at radius 3 is 2.61 bits per heavy atom. The van der Waals surface area contributed by atoms with Crippen molar-refractivity contribution in [3.05, 3.63) is 58.3 Å². The molecule has 1 atom stereocenters. The fourth-order valence-corrected chi connectivity index (χ4v) is 4.72. The van der Waals surface area contributed by atoms with Crippen molar-refractivity contribution in [2.75, 3.05) is 31.1 Å². The fraction of sp³-hybridized carbons (Fsp3) is 0.417. The molecule has 4 rings (SSSR count). The SMILES string of the molecule is CCN(CC)c1onc(-c2ccccc2)c1CN(C[C@@H]1CCCO1)C(=O)c1cccs1. The Balaban J connectivity index is 1.71. The number of nitrogens with zero attached hydrogens (tertiary/aromatic N) is 3. The van der Waals surface area contributed by atoms with Crippen LogP contribution in [0, 0.1) is 0 Å². The number of hydrogen-bond acceptors (Lipinski definition) is 6. The van der Waals surface area contributed by atoms with Gasteiger partial charge in [-0.2, -0.15) is 0 Å². The Morgan fingerprint density at radius 1 is 1.16 bits per heavy atom. The van der Waals surface area contributed by atoms with E-state index in [1.807, 2.05) is 52.7 Å². The molecule has 0 radical (unpaired) electrons. The van der Waals surface area contributed by atoms with Gasteiger partial charge in [-0.15, -0.1) is 11.3 Å². The molecule has 1 fully saturated rings. The van der Waals surface area contributed by atoms with Crippen molar-refractivity contribution in [2.24, 2.45) is 0 Å². The summed E-state index contributed by atoms with van der Waals surface area (Å²) < 4.78 is 11.7. The van der Waals surface area contributed by atoms with Gasteiger partial charge in [-0.05, 0) is 38.1 Å². The molecule has 0 spiro atoms. The minimum Gasteiger partial charge on any atom is -0.376 e. The molecule has 31 heavy (non-hydrogen) atoms. The lowest BCUT2D eigenvalue weighted by atomic mass is 10.1. The third-order valence-corrected chi connectivity index (χ3v) is 6.54. The number of ether oxygens (including phenoxy) is 1. The second-order valence-corrected chi connectivity index (χ2v) is 8.60. The number of thiophene rings is 1. The molecule has 1 amide bonds. The standard InChI is InChI=1S/C24H29N3O3S/c1-3-26(4-2)24-20(22(25-30-24)18-10-6-5-7-11-18)17-27(16-19-12-8-14-29-19)23(28)21-13-9-15-31-21/h5-7,9-11,13,15,19H,3-4,8,12,14,16-17H2,1-2H3/t19-/m0/s1. The lowest BCUT2D eigenvalue weighted by molar-refractivity contribution is 0.0511. The molecular weight excluding hydrogens is 410 g/mol. The van der Waals surface area contributed by atoms with Gasteiger partial charge in [0.15, 0.2) is 0 Å². The molecule has 1 aliphatic rings. The van der Waals surface area contributed by atoms with E-state index >= 15 is 0 Å². The summed E-state index contributed by atoms with van der Waals surface area (Å²) in [6.07, 6.45) is 2.09. The summed E-state index contributed by atoms with van der Waals surface area (Å²) in [7, 11) is 0. The monoisotopic (exact) mass is 439 g/mol. The highest BCUT2D eigenvalue weighted by Crippen LogP contribution is 2.33. The van der Waals surface area contributed by atoms with Crippen molar-refractivity contribution in [3.63, 3.8) is 0 Å². The van der Waals surface area contributed by atoms with Gasteiger partial charge in [0.1, 0.15) is 5.69 Å². The Morgan fingerprint density at radius 2 is 1.97 bits per heavy atom. The van der Waals surface area contributed by atoms with E-state index in [1.54, 1.807) is 0 Å². The first-order valence-corrected chi connectivity index (χ1v) is 11.8. The minimum atomic E-state index is 0.0243. The van der Waals surface area contributed by atoms with E-state index in [4.69, 9.17) is 9.26 Å². The zero-order chi connectivity index (χ0) is 21.6. The maximum atomic E-state index is 13.4. The number of benzene rings is 1. The third kappa shape index (κ3) is 4.83. The molecule has 6 nitrogen and oxygen atoms in total. The summed E-state index contributed by atoms with van der Waals surface area (Å²) in [4.78, 5) is 18.2. The number of aromatic nitrogens is 1. The lowest BCUT2D eigenvalue weighted by Gasteiger charge is -2.26. The van der Waals surface area contributed by atoms with Crippen LogP contribution in [-0.2, 0) is 11.3 Å². The highest BCUT2D eigenvalue weighted by molar-refractivity contribution is 7.12. The van der Waals surface area contributed by atoms with Gasteiger partial charge >= 0.3 is 0 Å². The van der Waals surface area contributed by atoms with Crippen LogP contribution in [0.2, 0.25) is 0 Å². The Bertz CT molecular complexity index is 961. The number of hydrogen-bond donors (Lipinski definition) is 0. The van der Waals surface area contributed by atoms with E-state index in [1.165, 1.54) is 11.3 Å². The summed E-state index contributed by atoms with van der Waals surface area (Å²) in [6.45, 7) is 7.55. The van der Waals surface area contributed by atoms with Crippen LogP contribution < -0.4 is 4.90 Å². The molecule has 164 valence electrons. The number of rotatable bonds is 9. The van der Waals surface area contributed by atoms with Crippen molar-refractivity contribution in [1.82, 2.24) is 10.1 Å². The van der Waals surface area contributed by atoms with Crippen LogP contribution in [0.5, 0.6) is 0 Å². The molecule has 1 aromatic carbocycles. The zero-order valence-electron chi connectivity index (χ0n) is 18.1. The van der Waals surface area contributed by atoms with E-state index in [0.29, 0.717) is 13.1 Å². The second-order valence-electron chi connectivity index (χ2n) is 7.65. The Kier molecular flexibility index (Phi) is 7.04. The van der Waals surface area contributed by atoms with Gasteiger partial charge in [-0.3, -0.25) is 4.79 Å². The Hall–Kier alpha value is -2.64. The number of carbonyl (C=O) groups excluding carboxylic acids is 1. The maximum absolute atomic E-state index is 13.4. The van der Waals surface area contributed by atoms with Crippen molar-refractivity contribution in [2.45, 2.75) is 39.3 Å². The van der Waals surface area contributed by atoms with Crippen LogP contribution in [0.1, 0.15) is 41.9 Å². The third-order valence-electron chi connectivity index (χ3n) is 5.68. The molecule has 1 aliphatic heterocycles. The minimum absolute atomic E-state index is 0.0243. The molecule has 0 saturated carbocycles. The molecular formula is C24H29N3O3S. The zero-order valence-corrected chi connectivity index (χ0v) is 18.9. The maximum Gasteiger partial charge on any atom is 0.264 e. The van der Waals surface area contributed by atoms with Gasteiger partial charge in [0, 0.05) is 31.8 Å². The van der Waals surface area contributed by atoms with Crippen molar-refractivity contribution < 1.29 is 14.1 Å². The van der Waals surface area contributed by atoms with Gasteiger partial charge in [-0.1, -0.05) is 41.6 Å². The van der Waals surface area contributed by atoms with Crippen molar-refractivity contribution in [1.29, 1.82) is 0 Å². The highest BCUT2D eigenvalue weighted by Gasteiger charge is 2.29. The van der Waals surface area contributed by atoms with E-state index in [9.17, 15) is 4.79 Å². The lowest BCUT2D eigenvalue weighted by Crippen LogP contribution is -2.37. The molecule has 0 bridgehead atoms. The molecule has 2 aromatic heterocycles. The number of anilines is 1. The molecule has 0 unspecified atom stereocenters. The molecule has 0 aliphatic carbocycles. The largest absolute Gasteiger partial charge is 0.376 e. The van der Waals surface area contributed by atoms with E-state index in [-0.39, 0.29) is 12.0 Å². The van der Waals surface area contributed by atoms with Crippen molar-refractivity contribution in [3.8, 4) is 11.3 Å². The van der Waals surface area contributed by atoms with Gasteiger partial charge in [-0.25, -0.2) is 0 Å². The summed E-state index contributed by atoms with van der Waals surface area (Å²) in [5.41, 5.74) is 2.72. The average molecular weight is 440 g/mol. The van der Waals surface area contributed by atoms with E-state index < -0.39 is 0 Å². The summed E-state index contributed by atoms with van der Waals surface area (Å²) >= 11 is 1.47. The van der Waals surface area contributed by atoms with Gasteiger partial charge < -0.3 is 19.1 Å². The van der Waals surface area contributed by atoms with Gasteiger partial charge in [0.2, 0.25) is 5.88 Å². The van der Waals surface area contributed by atoms with Crippen LogP contribution in [0.4, 0.5) is 5.88 Å². The first-order valence-electron chi connectivity index (χ1n) is 10.9. The highest BCUT2D eigenvalue weighted by atomic mass is 32.1. The van der Waals surface area contributed by atoms with E-state index in [0.717, 1.165) is 60.1 Å². The summed E-state index contributed by atoms with van der Waals surface area (Å²) in [6, 6.07) is 13.8. The molecule has 3 heterocycles. The van der Waals surface area contributed by atoms with Gasteiger partial charge in [0.05, 0.1) is 23.1 Å². The molecule has 1 saturated heterocycles. The van der Waals surface area contributed by atoms with Gasteiger partial charge in [0.25, 0.3) is 5.91 Å².